The average molecular weight is 291 g/mol. The van der Waals surface area contributed by atoms with Gasteiger partial charge >= 0.3 is 5.97 Å². The number of benzene rings is 1. The first-order valence-corrected chi connectivity index (χ1v) is 7.32. The van der Waals surface area contributed by atoms with Gasteiger partial charge in [0, 0.05) is 19.5 Å². The highest BCUT2D eigenvalue weighted by Gasteiger charge is 2.34. The van der Waals surface area contributed by atoms with Crippen molar-refractivity contribution in [1.82, 2.24) is 4.90 Å². The molecule has 5 nitrogen and oxygen atoms in total. The highest BCUT2D eigenvalue weighted by Crippen LogP contribution is 2.22. The molecule has 5 heteroatoms. The molecular weight excluding hydrogens is 270 g/mol. The van der Waals surface area contributed by atoms with E-state index >= 15 is 0 Å². The average Bonchev–Trinajstić information content (AvgIpc) is 2.81. The predicted octanol–water partition coefficient (Wildman–Crippen LogP) is 2.30. The molecule has 0 spiro atoms. The second-order valence-electron chi connectivity index (χ2n) is 5.36. The molecule has 0 bridgehead atoms. The molecule has 1 atom stereocenters. The van der Waals surface area contributed by atoms with Crippen molar-refractivity contribution in [1.29, 1.82) is 0 Å². The highest BCUT2D eigenvalue weighted by atomic mass is 16.5. The number of amides is 1. The molecule has 114 valence electrons. The summed E-state index contributed by atoms with van der Waals surface area (Å²) in [6.45, 7) is 3.52. The lowest BCUT2D eigenvalue weighted by molar-refractivity contribution is -0.141. The molecule has 21 heavy (non-hydrogen) atoms. The van der Waals surface area contributed by atoms with Gasteiger partial charge in [0.25, 0.3) is 0 Å². The Labute approximate surface area is 124 Å². The summed E-state index contributed by atoms with van der Waals surface area (Å²) in [6, 6.07) is 7.63. The van der Waals surface area contributed by atoms with Gasteiger partial charge in [-0.3, -0.25) is 9.59 Å². The third-order valence-corrected chi connectivity index (χ3v) is 3.60. The van der Waals surface area contributed by atoms with Gasteiger partial charge < -0.3 is 14.7 Å². The van der Waals surface area contributed by atoms with Crippen LogP contribution >= 0.6 is 0 Å². The van der Waals surface area contributed by atoms with Crippen LogP contribution in [0.3, 0.4) is 0 Å². The Morgan fingerprint density at radius 3 is 2.95 bits per heavy atom. The highest BCUT2D eigenvalue weighted by molar-refractivity contribution is 5.86. The van der Waals surface area contributed by atoms with Crippen LogP contribution < -0.4 is 4.74 Å². The summed E-state index contributed by atoms with van der Waals surface area (Å²) >= 11 is 0. The zero-order valence-corrected chi connectivity index (χ0v) is 12.2. The minimum atomic E-state index is -0.900. The van der Waals surface area contributed by atoms with E-state index in [4.69, 9.17) is 9.84 Å². The molecule has 1 unspecified atom stereocenters. The molecule has 1 N–H and O–H groups in total. The third-order valence-electron chi connectivity index (χ3n) is 3.60. The fourth-order valence-corrected chi connectivity index (χ4v) is 2.38. The molecule has 1 aromatic carbocycles. The molecule has 2 rings (SSSR count). The number of carbonyl (C=O) groups is 2. The van der Waals surface area contributed by atoms with E-state index in [0.29, 0.717) is 13.2 Å². The van der Waals surface area contributed by atoms with Crippen LogP contribution in [0.2, 0.25) is 0 Å². The molecule has 1 heterocycles. The monoisotopic (exact) mass is 291 g/mol. The number of carbonyl (C=O) groups excluding carboxylic acids is 1. The maximum absolute atomic E-state index is 11.8. The van der Waals surface area contributed by atoms with Crippen molar-refractivity contribution in [3.8, 4) is 5.75 Å². The second-order valence-corrected chi connectivity index (χ2v) is 5.36. The minimum absolute atomic E-state index is 0.0975. The molecule has 0 radical (unpaired) electrons. The van der Waals surface area contributed by atoms with Crippen molar-refractivity contribution in [2.75, 3.05) is 13.2 Å². The maximum atomic E-state index is 11.8. The zero-order valence-electron chi connectivity index (χ0n) is 12.2. The van der Waals surface area contributed by atoms with Gasteiger partial charge in [0.05, 0.1) is 12.5 Å². The minimum Gasteiger partial charge on any atom is -0.494 e. The topological polar surface area (TPSA) is 66.8 Å². The molecule has 1 saturated heterocycles. The van der Waals surface area contributed by atoms with Crippen molar-refractivity contribution in [3.63, 3.8) is 0 Å². The number of rotatable bonds is 7. The number of likely N-dealkylation sites (tertiary alicyclic amines) is 1. The summed E-state index contributed by atoms with van der Waals surface area (Å²) < 4.78 is 5.64. The Morgan fingerprint density at radius 1 is 1.48 bits per heavy atom. The van der Waals surface area contributed by atoms with E-state index in [-0.39, 0.29) is 18.9 Å². The van der Waals surface area contributed by atoms with Crippen molar-refractivity contribution in [3.05, 3.63) is 29.8 Å². The number of hydrogen-bond acceptors (Lipinski definition) is 3. The molecule has 1 aliphatic rings. The van der Waals surface area contributed by atoms with Crippen LogP contribution in [0.1, 0.15) is 31.7 Å². The van der Waals surface area contributed by atoms with Gasteiger partial charge in [-0.25, -0.2) is 0 Å². The van der Waals surface area contributed by atoms with Crippen molar-refractivity contribution < 1.29 is 19.4 Å². The third kappa shape index (κ3) is 4.21. The molecule has 0 aromatic heterocycles. The van der Waals surface area contributed by atoms with Crippen molar-refractivity contribution >= 4 is 11.9 Å². The van der Waals surface area contributed by atoms with Crippen molar-refractivity contribution in [2.24, 2.45) is 5.92 Å². The van der Waals surface area contributed by atoms with Gasteiger partial charge in [0.1, 0.15) is 5.75 Å². The smallest absolute Gasteiger partial charge is 0.308 e. The lowest BCUT2D eigenvalue weighted by Crippen LogP contribution is -2.25. The summed E-state index contributed by atoms with van der Waals surface area (Å²) in [5.74, 6) is -0.786. The van der Waals surface area contributed by atoms with Gasteiger partial charge in [0.2, 0.25) is 5.91 Å². The summed E-state index contributed by atoms with van der Waals surface area (Å²) in [6.07, 6.45) is 2.19. The first-order valence-electron chi connectivity index (χ1n) is 7.32. The van der Waals surface area contributed by atoms with Crippen LogP contribution in [0.4, 0.5) is 0 Å². The number of hydrogen-bond donors (Lipinski definition) is 1. The van der Waals surface area contributed by atoms with Gasteiger partial charge in [-0.15, -0.1) is 0 Å². The van der Waals surface area contributed by atoms with Crippen LogP contribution in [-0.4, -0.2) is 35.0 Å². The van der Waals surface area contributed by atoms with Crippen LogP contribution in [-0.2, 0) is 16.1 Å². The largest absolute Gasteiger partial charge is 0.494 e. The number of unbranched alkanes of at least 4 members (excludes halogenated alkanes) is 1. The first-order chi connectivity index (χ1) is 10.1. The summed E-state index contributed by atoms with van der Waals surface area (Å²) in [7, 11) is 0. The Bertz CT molecular complexity index is 515. The fourth-order valence-electron chi connectivity index (χ4n) is 2.38. The van der Waals surface area contributed by atoms with E-state index in [1.54, 1.807) is 4.90 Å². The predicted molar refractivity (Wildman–Crippen MR) is 78.0 cm³/mol. The number of aliphatic carboxylic acids is 1. The number of carboxylic acid groups (broad SMARTS) is 1. The van der Waals surface area contributed by atoms with E-state index < -0.39 is 11.9 Å². The standard InChI is InChI=1S/C16H21NO4/c1-2-3-7-21-14-6-4-5-12(8-14)10-17-11-13(16(19)20)9-15(17)18/h4-6,8,13H,2-3,7,9-11H2,1H3,(H,19,20). The van der Waals surface area contributed by atoms with Crippen LogP contribution in [0.25, 0.3) is 0 Å². The molecule has 1 fully saturated rings. The maximum Gasteiger partial charge on any atom is 0.308 e. The van der Waals surface area contributed by atoms with Crippen molar-refractivity contribution in [2.45, 2.75) is 32.7 Å². The lowest BCUT2D eigenvalue weighted by Gasteiger charge is -2.16. The zero-order chi connectivity index (χ0) is 15.2. The van der Waals surface area contributed by atoms with Crippen LogP contribution in [0, 0.1) is 5.92 Å². The summed E-state index contributed by atoms with van der Waals surface area (Å²) in [5, 5.41) is 8.98. The summed E-state index contributed by atoms with van der Waals surface area (Å²) in [4.78, 5) is 24.4. The molecule has 1 amide bonds. The lowest BCUT2D eigenvalue weighted by atomic mass is 10.1. The van der Waals surface area contributed by atoms with E-state index in [0.717, 1.165) is 24.2 Å². The molecular formula is C16H21NO4. The number of carboxylic acids is 1. The molecule has 1 aromatic rings. The van der Waals surface area contributed by atoms with E-state index in [1.165, 1.54) is 0 Å². The quantitative estimate of drug-likeness (QED) is 0.783. The van der Waals surface area contributed by atoms with Gasteiger partial charge in [-0.05, 0) is 24.1 Å². The van der Waals surface area contributed by atoms with Gasteiger partial charge in [-0.1, -0.05) is 25.5 Å². The molecule has 1 aliphatic heterocycles. The Balaban J connectivity index is 1.95. The fraction of sp³-hybridized carbons (Fsp3) is 0.500. The SMILES string of the molecule is CCCCOc1cccc(CN2CC(C(=O)O)CC2=O)c1. The number of nitrogens with zero attached hydrogens (tertiary/aromatic N) is 1. The first kappa shape index (κ1) is 15.4. The van der Waals surface area contributed by atoms with Gasteiger partial charge in [-0.2, -0.15) is 0 Å². The second kappa shape index (κ2) is 7.11. The van der Waals surface area contributed by atoms with Gasteiger partial charge in [0.15, 0.2) is 0 Å². The van der Waals surface area contributed by atoms with E-state index in [1.807, 2.05) is 24.3 Å². The van der Waals surface area contributed by atoms with Crippen LogP contribution in [0.5, 0.6) is 5.75 Å². The molecule has 0 aliphatic carbocycles. The van der Waals surface area contributed by atoms with E-state index in [9.17, 15) is 9.59 Å². The Morgan fingerprint density at radius 2 is 2.29 bits per heavy atom. The molecule has 0 saturated carbocycles. The number of ether oxygens (including phenoxy) is 1. The van der Waals surface area contributed by atoms with E-state index in [2.05, 4.69) is 6.92 Å². The normalized spacial score (nSPS) is 18.0. The van der Waals surface area contributed by atoms with Crippen LogP contribution in [0.15, 0.2) is 24.3 Å². The Kier molecular flexibility index (Phi) is 5.20. The Hall–Kier alpha value is -2.04. The summed E-state index contributed by atoms with van der Waals surface area (Å²) in [5.41, 5.74) is 0.961.